The predicted molar refractivity (Wildman–Crippen MR) is 121 cm³/mol. The number of para-hydroxylation sites is 1. The van der Waals surface area contributed by atoms with Gasteiger partial charge >= 0.3 is 12.1 Å². The van der Waals surface area contributed by atoms with E-state index >= 15 is 0 Å². The minimum absolute atomic E-state index is 0.0906. The summed E-state index contributed by atoms with van der Waals surface area (Å²) in [7, 11) is 0. The number of benzene rings is 3. The van der Waals surface area contributed by atoms with Gasteiger partial charge in [0.1, 0.15) is 18.1 Å². The highest BCUT2D eigenvalue weighted by Gasteiger charge is 2.33. The molecule has 1 heterocycles. The van der Waals surface area contributed by atoms with Crippen LogP contribution in [0.1, 0.15) is 16.7 Å². The van der Waals surface area contributed by atoms with E-state index in [9.17, 15) is 18.0 Å². The highest BCUT2D eigenvalue weighted by Crippen LogP contribution is 2.38. The van der Waals surface area contributed by atoms with Gasteiger partial charge in [-0.1, -0.05) is 36.4 Å². The van der Waals surface area contributed by atoms with E-state index < -0.39 is 24.3 Å². The number of aliphatic carboxylic acids is 1. The molecule has 4 aromatic rings. The number of aryl methyl sites for hydroxylation is 1. The zero-order chi connectivity index (χ0) is 24.3. The summed E-state index contributed by atoms with van der Waals surface area (Å²) in [4.78, 5) is 14.7. The number of alkyl halides is 3. The Hall–Kier alpha value is -4.07. The Balaban J connectivity index is 1.58. The number of halogens is 3. The van der Waals surface area contributed by atoms with Crippen LogP contribution in [0.15, 0.2) is 72.9 Å². The lowest BCUT2D eigenvalue weighted by atomic mass is 9.95. The van der Waals surface area contributed by atoms with E-state index in [0.29, 0.717) is 22.4 Å². The van der Waals surface area contributed by atoms with Crippen LogP contribution in [0.5, 0.6) is 11.5 Å². The van der Waals surface area contributed by atoms with Crippen LogP contribution in [0.3, 0.4) is 0 Å². The van der Waals surface area contributed by atoms with Crippen molar-refractivity contribution in [1.29, 1.82) is 0 Å². The van der Waals surface area contributed by atoms with Crippen LogP contribution in [-0.2, 0) is 17.6 Å². The molecule has 8 heteroatoms. The molecule has 174 valence electrons. The normalized spacial score (nSPS) is 11.4. The Kier molecular flexibility index (Phi) is 6.40. The number of hydrogen-bond acceptors (Lipinski definition) is 4. The molecule has 0 saturated carbocycles. The molecule has 1 N–H and O–H groups in total. The molecule has 0 radical (unpaired) electrons. The zero-order valence-corrected chi connectivity index (χ0v) is 18.1. The first-order chi connectivity index (χ1) is 16.2. The van der Waals surface area contributed by atoms with E-state index in [-0.39, 0.29) is 12.1 Å². The number of nitrogens with zero attached hydrogens (tertiary/aromatic N) is 1. The minimum atomic E-state index is -4.50. The fraction of sp³-hybridized carbons (Fsp3) is 0.154. The van der Waals surface area contributed by atoms with Crippen molar-refractivity contribution < 1.29 is 32.5 Å². The van der Waals surface area contributed by atoms with Crippen molar-refractivity contribution in [1.82, 2.24) is 4.98 Å². The SMILES string of the molecule is Cc1cnc2c(C(F)(F)F)cccc2c1-c1cccc(OCc2ccc(OCC(=O)O)cc2)c1. The second kappa shape index (κ2) is 9.43. The molecule has 0 bridgehead atoms. The molecule has 0 saturated heterocycles. The molecule has 3 aromatic carbocycles. The fourth-order valence-electron chi connectivity index (χ4n) is 3.67. The summed E-state index contributed by atoms with van der Waals surface area (Å²) in [5.74, 6) is -0.0643. The molecule has 0 unspecified atom stereocenters. The third-order valence-electron chi connectivity index (χ3n) is 5.21. The first kappa shape index (κ1) is 23.1. The first-order valence-electron chi connectivity index (χ1n) is 10.3. The molecular weight excluding hydrogens is 447 g/mol. The molecule has 0 fully saturated rings. The largest absolute Gasteiger partial charge is 0.489 e. The molecule has 0 spiro atoms. The van der Waals surface area contributed by atoms with Crippen molar-refractivity contribution in [3.8, 4) is 22.6 Å². The Morgan fingerprint density at radius 3 is 2.41 bits per heavy atom. The first-order valence-corrected chi connectivity index (χ1v) is 10.3. The molecule has 34 heavy (non-hydrogen) atoms. The molecule has 5 nitrogen and oxygen atoms in total. The van der Waals surface area contributed by atoms with Gasteiger partial charge in [0.25, 0.3) is 0 Å². The molecule has 0 atom stereocenters. The Bertz CT molecular complexity index is 1330. The molecule has 4 rings (SSSR count). The van der Waals surface area contributed by atoms with E-state index in [1.54, 1.807) is 48.5 Å². The Labute approximate surface area is 193 Å². The molecule has 0 aliphatic rings. The third kappa shape index (κ3) is 5.11. The van der Waals surface area contributed by atoms with E-state index in [0.717, 1.165) is 22.8 Å². The lowest BCUT2D eigenvalue weighted by Crippen LogP contribution is -2.09. The van der Waals surface area contributed by atoms with Gasteiger partial charge in [0.2, 0.25) is 0 Å². The monoisotopic (exact) mass is 467 g/mol. The van der Waals surface area contributed by atoms with Gasteiger partial charge in [-0.25, -0.2) is 4.79 Å². The van der Waals surface area contributed by atoms with Crippen molar-refractivity contribution >= 4 is 16.9 Å². The lowest BCUT2D eigenvalue weighted by Gasteiger charge is -2.15. The fourth-order valence-corrected chi connectivity index (χ4v) is 3.67. The Morgan fingerprint density at radius 1 is 0.971 bits per heavy atom. The van der Waals surface area contributed by atoms with Gasteiger partial charge in [-0.3, -0.25) is 4.98 Å². The maximum absolute atomic E-state index is 13.5. The van der Waals surface area contributed by atoms with Crippen LogP contribution in [0.2, 0.25) is 0 Å². The average Bonchev–Trinajstić information content (AvgIpc) is 2.81. The molecule has 0 amide bonds. The Morgan fingerprint density at radius 2 is 1.71 bits per heavy atom. The number of pyridine rings is 1. The highest BCUT2D eigenvalue weighted by molar-refractivity contribution is 5.97. The van der Waals surface area contributed by atoms with Crippen LogP contribution in [0.4, 0.5) is 13.2 Å². The summed E-state index contributed by atoms with van der Waals surface area (Å²) < 4.78 is 51.5. The summed E-state index contributed by atoms with van der Waals surface area (Å²) in [6.07, 6.45) is -3.05. The van der Waals surface area contributed by atoms with E-state index in [2.05, 4.69) is 4.98 Å². The maximum atomic E-state index is 13.5. The van der Waals surface area contributed by atoms with Crippen molar-refractivity contribution in [3.63, 3.8) is 0 Å². The summed E-state index contributed by atoms with van der Waals surface area (Å²) >= 11 is 0. The van der Waals surface area contributed by atoms with Crippen LogP contribution in [-0.4, -0.2) is 22.7 Å². The lowest BCUT2D eigenvalue weighted by molar-refractivity contribution is -0.139. The summed E-state index contributed by atoms with van der Waals surface area (Å²) in [5, 5.41) is 9.09. The number of rotatable bonds is 7. The maximum Gasteiger partial charge on any atom is 0.418 e. The number of carboxylic acids is 1. The summed E-state index contributed by atoms with van der Waals surface area (Å²) in [6.45, 7) is 1.64. The molecular formula is C26H20F3NO4. The predicted octanol–water partition coefficient (Wildman–Crippen LogP) is 6.27. The van der Waals surface area contributed by atoms with E-state index in [1.165, 1.54) is 12.3 Å². The van der Waals surface area contributed by atoms with E-state index in [4.69, 9.17) is 14.6 Å². The third-order valence-corrected chi connectivity index (χ3v) is 5.21. The van der Waals surface area contributed by atoms with Gasteiger partial charge in [0, 0.05) is 11.6 Å². The topological polar surface area (TPSA) is 68.7 Å². The van der Waals surface area contributed by atoms with Crippen LogP contribution in [0, 0.1) is 6.92 Å². The van der Waals surface area contributed by atoms with Crippen molar-refractivity contribution in [2.45, 2.75) is 19.7 Å². The number of ether oxygens (including phenoxy) is 2. The number of carbonyl (C=O) groups is 1. The van der Waals surface area contributed by atoms with Gasteiger partial charge in [0.05, 0.1) is 11.1 Å². The molecule has 0 aliphatic heterocycles. The summed E-state index contributed by atoms with van der Waals surface area (Å²) in [6, 6.07) is 18.1. The van der Waals surface area contributed by atoms with Crippen molar-refractivity contribution in [2.75, 3.05) is 6.61 Å². The van der Waals surface area contributed by atoms with E-state index in [1.807, 2.05) is 13.0 Å². The van der Waals surface area contributed by atoms with Crippen molar-refractivity contribution in [3.05, 3.63) is 89.6 Å². The minimum Gasteiger partial charge on any atom is -0.489 e. The van der Waals surface area contributed by atoms with Gasteiger partial charge in [-0.15, -0.1) is 0 Å². The number of aromatic nitrogens is 1. The van der Waals surface area contributed by atoms with Gasteiger partial charge < -0.3 is 14.6 Å². The van der Waals surface area contributed by atoms with Gasteiger partial charge in [0.15, 0.2) is 6.61 Å². The summed E-state index contributed by atoms with van der Waals surface area (Å²) in [5.41, 5.74) is 2.12. The molecule has 1 aromatic heterocycles. The second-order valence-corrected chi connectivity index (χ2v) is 7.66. The quantitative estimate of drug-likeness (QED) is 0.347. The van der Waals surface area contributed by atoms with Gasteiger partial charge in [-0.2, -0.15) is 13.2 Å². The van der Waals surface area contributed by atoms with Crippen LogP contribution < -0.4 is 9.47 Å². The number of hydrogen-bond donors (Lipinski definition) is 1. The smallest absolute Gasteiger partial charge is 0.418 e. The second-order valence-electron chi connectivity index (χ2n) is 7.66. The van der Waals surface area contributed by atoms with Gasteiger partial charge in [-0.05, 0) is 59.5 Å². The van der Waals surface area contributed by atoms with Crippen LogP contribution in [0.25, 0.3) is 22.0 Å². The van der Waals surface area contributed by atoms with Crippen LogP contribution >= 0.6 is 0 Å². The van der Waals surface area contributed by atoms with Crippen molar-refractivity contribution in [2.24, 2.45) is 0 Å². The standard InChI is InChI=1S/C26H20F3NO4/c1-16-13-30-25-21(6-3-7-22(25)26(27,28)29)24(16)18-4-2-5-20(12-18)33-14-17-8-10-19(11-9-17)34-15-23(31)32/h2-13H,14-15H2,1H3,(H,31,32). The number of fused-ring (bicyclic) bond motifs is 1. The zero-order valence-electron chi connectivity index (χ0n) is 18.1. The highest BCUT2D eigenvalue weighted by atomic mass is 19.4. The number of carboxylic acid groups (broad SMARTS) is 1. The average molecular weight is 467 g/mol. The molecule has 0 aliphatic carbocycles.